The number of amides is 1. The predicted molar refractivity (Wildman–Crippen MR) is 102 cm³/mol. The maximum atomic E-state index is 12.0. The van der Waals surface area contributed by atoms with Crippen molar-refractivity contribution in [1.29, 1.82) is 0 Å². The van der Waals surface area contributed by atoms with Crippen molar-refractivity contribution in [2.45, 2.75) is 26.3 Å². The summed E-state index contributed by atoms with van der Waals surface area (Å²) in [5.74, 6) is 1.59. The lowest BCUT2D eigenvalue weighted by atomic mass is 10.1. The van der Waals surface area contributed by atoms with Gasteiger partial charge >= 0.3 is 6.09 Å². The Bertz CT molecular complexity index is 943. The Labute approximate surface area is 166 Å². The number of aromatic nitrogens is 3. The predicted octanol–water partition coefficient (Wildman–Crippen LogP) is 1.10. The number of quaternary nitrogens is 1. The smallest absolute Gasteiger partial charge is 0.410 e. The van der Waals surface area contributed by atoms with E-state index in [1.54, 1.807) is 18.1 Å². The molecule has 2 N–H and O–H groups in total. The third-order valence-corrected chi connectivity index (χ3v) is 6.07. The molecule has 28 heavy (non-hydrogen) atoms. The molecule has 1 atom stereocenters. The topological polar surface area (TPSA) is 97.5 Å². The molecule has 0 radical (unpaired) electrons. The lowest BCUT2D eigenvalue weighted by Gasteiger charge is -2.34. The number of hydrogen-bond acceptors (Lipinski definition) is 7. The van der Waals surface area contributed by atoms with Crippen LogP contribution in [0.15, 0.2) is 22.8 Å². The van der Waals surface area contributed by atoms with Crippen LogP contribution in [0.4, 0.5) is 4.79 Å². The molecule has 1 aliphatic heterocycles. The number of carbonyl (C=O) groups is 1. The molecule has 3 aromatic rings. The molecule has 1 aliphatic rings. The van der Waals surface area contributed by atoms with Gasteiger partial charge in [0.2, 0.25) is 10.8 Å². The molecule has 0 aromatic carbocycles. The molecule has 1 fully saturated rings. The summed E-state index contributed by atoms with van der Waals surface area (Å²) in [4.78, 5) is 20.8. The molecule has 10 heteroatoms. The molecule has 3 aromatic heterocycles. The fraction of sp³-hybridized carbons (Fsp3) is 0.500. The van der Waals surface area contributed by atoms with E-state index in [2.05, 4.69) is 10.1 Å². The van der Waals surface area contributed by atoms with Crippen molar-refractivity contribution in [1.82, 2.24) is 19.5 Å². The highest BCUT2D eigenvalue weighted by molar-refractivity contribution is 7.17. The first-order chi connectivity index (χ1) is 13.6. The summed E-state index contributed by atoms with van der Waals surface area (Å²) in [6, 6.07) is 3.58. The molecule has 0 saturated carbocycles. The quantitative estimate of drug-likeness (QED) is 0.659. The third kappa shape index (κ3) is 3.33. The SMILES string of the molecule is CCOC(=O)N1CC[NH+]([C@H](c2ccco2)c2sc3nc(CC)nn3c2O)CC1. The summed E-state index contributed by atoms with van der Waals surface area (Å²) in [7, 11) is 0. The zero-order chi connectivity index (χ0) is 19.7. The number of nitrogens with zero attached hydrogens (tertiary/aromatic N) is 4. The summed E-state index contributed by atoms with van der Waals surface area (Å²) >= 11 is 1.43. The maximum Gasteiger partial charge on any atom is 0.410 e. The minimum atomic E-state index is -0.273. The van der Waals surface area contributed by atoms with Gasteiger partial charge in [0.1, 0.15) is 4.88 Å². The molecular formula is C18H24N5O4S+. The normalized spacial score (nSPS) is 16.6. The highest BCUT2D eigenvalue weighted by Gasteiger charge is 2.37. The molecule has 1 saturated heterocycles. The second-order valence-corrected chi connectivity index (χ2v) is 7.67. The first-order valence-electron chi connectivity index (χ1n) is 9.49. The third-order valence-electron chi connectivity index (χ3n) is 4.99. The second-order valence-electron chi connectivity index (χ2n) is 6.66. The monoisotopic (exact) mass is 406 g/mol. The van der Waals surface area contributed by atoms with E-state index in [9.17, 15) is 9.90 Å². The lowest BCUT2D eigenvalue weighted by molar-refractivity contribution is -0.930. The van der Waals surface area contributed by atoms with Crippen molar-refractivity contribution in [3.8, 4) is 5.88 Å². The summed E-state index contributed by atoms with van der Waals surface area (Å²) in [5, 5.41) is 15.2. The molecule has 0 spiro atoms. The van der Waals surface area contributed by atoms with Crippen molar-refractivity contribution in [3.05, 3.63) is 34.9 Å². The largest absolute Gasteiger partial charge is 0.492 e. The zero-order valence-corrected chi connectivity index (χ0v) is 16.7. The van der Waals surface area contributed by atoms with Crippen molar-refractivity contribution in [2.75, 3.05) is 32.8 Å². The van der Waals surface area contributed by atoms with Crippen LogP contribution in [0.1, 0.15) is 36.4 Å². The molecule has 4 heterocycles. The average molecular weight is 406 g/mol. The number of thiazole rings is 1. The van der Waals surface area contributed by atoms with E-state index in [1.165, 1.54) is 20.8 Å². The van der Waals surface area contributed by atoms with Gasteiger partial charge in [-0.1, -0.05) is 18.3 Å². The van der Waals surface area contributed by atoms with E-state index in [1.807, 2.05) is 19.1 Å². The van der Waals surface area contributed by atoms with E-state index >= 15 is 0 Å². The first kappa shape index (κ1) is 18.8. The van der Waals surface area contributed by atoms with Crippen molar-refractivity contribution >= 4 is 22.4 Å². The molecule has 9 nitrogen and oxygen atoms in total. The number of piperazine rings is 1. The van der Waals surface area contributed by atoms with E-state index in [4.69, 9.17) is 9.15 Å². The summed E-state index contributed by atoms with van der Waals surface area (Å²) < 4.78 is 12.3. The van der Waals surface area contributed by atoms with Crippen LogP contribution < -0.4 is 4.90 Å². The lowest BCUT2D eigenvalue weighted by Crippen LogP contribution is -3.15. The van der Waals surface area contributed by atoms with Crippen molar-refractivity contribution in [2.24, 2.45) is 0 Å². The van der Waals surface area contributed by atoms with Crippen LogP contribution in [0.3, 0.4) is 0 Å². The summed E-state index contributed by atoms with van der Waals surface area (Å²) in [6.45, 7) is 6.78. The number of aromatic hydroxyl groups is 1. The van der Waals surface area contributed by atoms with Gasteiger partial charge in [-0.25, -0.2) is 9.78 Å². The molecule has 0 unspecified atom stereocenters. The van der Waals surface area contributed by atoms with E-state index < -0.39 is 0 Å². The van der Waals surface area contributed by atoms with Gasteiger partial charge in [-0.15, -0.1) is 5.10 Å². The Morgan fingerprint density at radius 3 is 2.82 bits per heavy atom. The fourth-order valence-corrected chi connectivity index (χ4v) is 4.72. The van der Waals surface area contributed by atoms with Gasteiger partial charge in [0.05, 0.1) is 39.0 Å². The molecule has 1 amide bonds. The molecule has 0 aliphatic carbocycles. The van der Waals surface area contributed by atoms with Gasteiger partial charge in [0.25, 0.3) is 0 Å². The van der Waals surface area contributed by atoms with Gasteiger partial charge in [-0.3, -0.25) is 4.90 Å². The number of nitrogens with one attached hydrogen (secondary N) is 1. The van der Waals surface area contributed by atoms with Crippen LogP contribution in [0.5, 0.6) is 5.88 Å². The Morgan fingerprint density at radius 1 is 1.43 bits per heavy atom. The van der Waals surface area contributed by atoms with Crippen LogP contribution >= 0.6 is 11.3 Å². The van der Waals surface area contributed by atoms with E-state index in [0.717, 1.165) is 23.7 Å². The van der Waals surface area contributed by atoms with E-state index in [0.29, 0.717) is 36.9 Å². The molecular weight excluding hydrogens is 382 g/mol. The van der Waals surface area contributed by atoms with Crippen LogP contribution in [-0.4, -0.2) is 63.5 Å². The zero-order valence-electron chi connectivity index (χ0n) is 15.9. The highest BCUT2D eigenvalue weighted by atomic mass is 32.1. The Kier molecular flexibility index (Phi) is 5.23. The number of carbonyl (C=O) groups excluding carboxylic acids is 1. The van der Waals surface area contributed by atoms with Crippen LogP contribution in [0.25, 0.3) is 4.96 Å². The standard InChI is InChI=1S/C18H23N5O4S/c1-3-13-19-17-23(20-13)16(24)15(28-17)14(12-6-5-11-27-12)21-7-9-22(10-8-21)18(25)26-4-2/h5-6,11,14,24H,3-4,7-10H2,1-2H3/p+1/t14-/m1/s1. The van der Waals surface area contributed by atoms with Crippen molar-refractivity contribution in [3.63, 3.8) is 0 Å². The van der Waals surface area contributed by atoms with Crippen LogP contribution in [0, 0.1) is 0 Å². The van der Waals surface area contributed by atoms with Crippen LogP contribution in [0.2, 0.25) is 0 Å². The number of aryl methyl sites for hydroxylation is 1. The molecule has 150 valence electrons. The van der Waals surface area contributed by atoms with Crippen LogP contribution in [-0.2, 0) is 11.2 Å². The van der Waals surface area contributed by atoms with E-state index in [-0.39, 0.29) is 18.0 Å². The number of ether oxygens (including phenoxy) is 1. The highest BCUT2D eigenvalue weighted by Crippen LogP contribution is 2.35. The molecule has 4 rings (SSSR count). The second kappa shape index (κ2) is 7.80. The van der Waals surface area contributed by atoms with Gasteiger partial charge in [0.15, 0.2) is 17.6 Å². The first-order valence-corrected chi connectivity index (χ1v) is 10.3. The number of hydrogen-bond donors (Lipinski definition) is 2. The van der Waals surface area contributed by atoms with Gasteiger partial charge in [-0.05, 0) is 19.1 Å². The van der Waals surface area contributed by atoms with Crippen molar-refractivity contribution < 1.29 is 24.0 Å². The summed E-state index contributed by atoms with van der Waals surface area (Å²) in [5.41, 5.74) is 0. The Morgan fingerprint density at radius 2 is 2.21 bits per heavy atom. The Balaban J connectivity index is 1.62. The number of fused-ring (bicyclic) bond motifs is 1. The minimum absolute atomic E-state index is 0.105. The maximum absolute atomic E-state index is 12.0. The summed E-state index contributed by atoms with van der Waals surface area (Å²) in [6.07, 6.45) is 2.08. The van der Waals surface area contributed by atoms with Gasteiger partial charge < -0.3 is 19.2 Å². The fourth-order valence-electron chi connectivity index (χ4n) is 3.58. The number of furan rings is 1. The Hall–Kier alpha value is -2.59. The van der Waals surface area contributed by atoms with Gasteiger partial charge in [0, 0.05) is 6.42 Å². The minimum Gasteiger partial charge on any atom is -0.492 e. The average Bonchev–Trinajstić information content (AvgIpc) is 3.42. The number of rotatable bonds is 5. The van der Waals surface area contributed by atoms with Gasteiger partial charge in [-0.2, -0.15) is 4.52 Å². The molecule has 0 bridgehead atoms.